The topological polar surface area (TPSA) is 79.2 Å². The Morgan fingerprint density at radius 2 is 1.90 bits per heavy atom. The maximum atomic E-state index is 12.5. The molecule has 8 heteroatoms. The van der Waals surface area contributed by atoms with Gasteiger partial charge in [0.05, 0.1) is 18.3 Å². The molecule has 0 bridgehead atoms. The van der Waals surface area contributed by atoms with Gasteiger partial charge in [0.1, 0.15) is 0 Å². The van der Waals surface area contributed by atoms with Gasteiger partial charge in [0.15, 0.2) is 5.82 Å². The molecule has 1 amide bonds. The Labute approximate surface area is 170 Å². The summed E-state index contributed by atoms with van der Waals surface area (Å²) in [5.41, 5.74) is 2.89. The van der Waals surface area contributed by atoms with Crippen LogP contribution in [0.1, 0.15) is 13.8 Å². The van der Waals surface area contributed by atoms with E-state index in [0.717, 1.165) is 48.2 Å². The van der Waals surface area contributed by atoms with E-state index in [2.05, 4.69) is 44.3 Å². The van der Waals surface area contributed by atoms with E-state index < -0.39 is 0 Å². The molecule has 1 saturated heterocycles. The number of nitrogens with one attached hydrogen (secondary N) is 1. The quantitative estimate of drug-likeness (QED) is 0.714. The van der Waals surface area contributed by atoms with Gasteiger partial charge in [-0.25, -0.2) is 0 Å². The molecule has 2 aromatic heterocycles. The number of carbonyl (C=O) groups excluding carboxylic acids is 1. The largest absolute Gasteiger partial charge is 0.308 e. The first-order chi connectivity index (χ1) is 14.0. The minimum atomic E-state index is -0.0555. The van der Waals surface area contributed by atoms with Crippen LogP contribution in [-0.2, 0) is 11.8 Å². The van der Waals surface area contributed by atoms with Gasteiger partial charge in [0, 0.05) is 56.4 Å². The molecule has 4 rings (SSSR count). The van der Waals surface area contributed by atoms with Crippen molar-refractivity contribution in [3.05, 3.63) is 36.7 Å². The Hall–Kier alpha value is -2.84. The smallest absolute Gasteiger partial charge is 0.239 e. The molecular weight excluding hydrogens is 366 g/mol. The van der Waals surface area contributed by atoms with E-state index in [4.69, 9.17) is 0 Å². The van der Waals surface area contributed by atoms with Gasteiger partial charge in [-0.1, -0.05) is 6.07 Å². The lowest BCUT2D eigenvalue weighted by atomic mass is 10.1. The van der Waals surface area contributed by atoms with E-state index in [1.807, 2.05) is 43.7 Å². The predicted molar refractivity (Wildman–Crippen MR) is 114 cm³/mol. The van der Waals surface area contributed by atoms with E-state index in [9.17, 15) is 4.79 Å². The number of piperazine rings is 1. The Morgan fingerprint density at radius 3 is 2.59 bits per heavy atom. The zero-order valence-electron chi connectivity index (χ0n) is 17.2. The van der Waals surface area contributed by atoms with Crippen LogP contribution in [0.3, 0.4) is 0 Å². The summed E-state index contributed by atoms with van der Waals surface area (Å²) in [4.78, 5) is 17.1. The minimum absolute atomic E-state index is 0.0555. The number of benzene rings is 1. The van der Waals surface area contributed by atoms with Crippen LogP contribution in [-0.4, -0.2) is 74.5 Å². The minimum Gasteiger partial charge on any atom is -0.308 e. The number of hydrogen-bond donors (Lipinski definition) is 1. The fourth-order valence-corrected chi connectivity index (χ4v) is 3.68. The maximum Gasteiger partial charge on any atom is 0.239 e. The third kappa shape index (κ3) is 4.60. The average Bonchev–Trinajstić information content (AvgIpc) is 3.14. The molecular formula is C21H27N7O. The van der Waals surface area contributed by atoms with Crippen molar-refractivity contribution in [1.82, 2.24) is 29.8 Å². The highest BCUT2D eigenvalue weighted by molar-refractivity contribution is 5.93. The van der Waals surface area contributed by atoms with Crippen LogP contribution < -0.4 is 5.32 Å². The zero-order chi connectivity index (χ0) is 20.4. The average molecular weight is 393 g/mol. The summed E-state index contributed by atoms with van der Waals surface area (Å²) >= 11 is 0. The predicted octanol–water partition coefficient (Wildman–Crippen LogP) is 1.99. The number of aromatic nitrogens is 4. The van der Waals surface area contributed by atoms with Crippen molar-refractivity contribution in [3.63, 3.8) is 0 Å². The number of rotatable bonds is 5. The summed E-state index contributed by atoms with van der Waals surface area (Å²) in [6.07, 6.45) is 3.80. The lowest BCUT2D eigenvalue weighted by Crippen LogP contribution is -2.50. The Balaban J connectivity index is 1.42. The van der Waals surface area contributed by atoms with Crippen molar-refractivity contribution < 1.29 is 4.79 Å². The number of amides is 1. The molecule has 0 aliphatic carbocycles. The Kier molecular flexibility index (Phi) is 5.55. The van der Waals surface area contributed by atoms with Crippen molar-refractivity contribution in [2.45, 2.75) is 19.9 Å². The third-order valence-corrected chi connectivity index (χ3v) is 5.40. The first-order valence-electron chi connectivity index (χ1n) is 10.0. The lowest BCUT2D eigenvalue weighted by Gasteiger charge is -2.36. The molecule has 0 radical (unpaired) electrons. The standard InChI is InChI=1S/C21H27N7O/c1-15(2)28-8-6-27(7-9-28)14-21(29)23-20-11-17-10-16(4-5-19(17)24-25-20)18-12-22-26(3)13-18/h4-5,10-13,15H,6-9,14H2,1-3H3,(H,23,25,29). The molecule has 1 fully saturated rings. The van der Waals surface area contributed by atoms with E-state index >= 15 is 0 Å². The van der Waals surface area contributed by atoms with E-state index in [1.165, 1.54) is 0 Å². The third-order valence-electron chi connectivity index (χ3n) is 5.40. The molecule has 1 aliphatic heterocycles. The normalized spacial score (nSPS) is 15.9. The zero-order valence-corrected chi connectivity index (χ0v) is 17.2. The van der Waals surface area contributed by atoms with Gasteiger partial charge in [-0.2, -0.15) is 5.10 Å². The highest BCUT2D eigenvalue weighted by Crippen LogP contribution is 2.24. The van der Waals surface area contributed by atoms with Crippen molar-refractivity contribution in [3.8, 4) is 11.1 Å². The summed E-state index contributed by atoms with van der Waals surface area (Å²) in [5, 5.41) is 16.5. The monoisotopic (exact) mass is 393 g/mol. The van der Waals surface area contributed by atoms with Gasteiger partial charge >= 0.3 is 0 Å². The van der Waals surface area contributed by atoms with Crippen LogP contribution in [0.25, 0.3) is 22.0 Å². The van der Waals surface area contributed by atoms with Gasteiger partial charge in [0.25, 0.3) is 0 Å². The van der Waals surface area contributed by atoms with Gasteiger partial charge in [0.2, 0.25) is 5.91 Å². The van der Waals surface area contributed by atoms with Gasteiger partial charge in [-0.05, 0) is 37.6 Å². The molecule has 1 aliphatic rings. The van der Waals surface area contributed by atoms with Crippen LogP contribution >= 0.6 is 0 Å². The number of carbonyl (C=O) groups is 1. The van der Waals surface area contributed by atoms with Crippen LogP contribution in [0, 0.1) is 0 Å². The van der Waals surface area contributed by atoms with Crippen LogP contribution in [0.2, 0.25) is 0 Å². The fourth-order valence-electron chi connectivity index (χ4n) is 3.68. The number of aryl methyl sites for hydroxylation is 1. The van der Waals surface area contributed by atoms with Crippen LogP contribution in [0.5, 0.6) is 0 Å². The summed E-state index contributed by atoms with van der Waals surface area (Å²) in [5.74, 6) is 0.423. The molecule has 0 spiro atoms. The molecule has 0 unspecified atom stereocenters. The maximum absolute atomic E-state index is 12.5. The fraction of sp³-hybridized carbons (Fsp3) is 0.429. The first-order valence-corrected chi connectivity index (χ1v) is 10.0. The SMILES string of the molecule is CC(C)N1CCN(CC(=O)Nc2cc3cc(-c4cnn(C)c4)ccc3nn2)CC1. The molecule has 3 heterocycles. The van der Waals surface area contributed by atoms with E-state index in [1.54, 1.807) is 4.68 Å². The summed E-state index contributed by atoms with van der Waals surface area (Å²) < 4.78 is 1.77. The van der Waals surface area contributed by atoms with Crippen molar-refractivity contribution in [1.29, 1.82) is 0 Å². The number of anilines is 1. The molecule has 29 heavy (non-hydrogen) atoms. The second kappa shape index (κ2) is 8.26. The number of nitrogens with zero attached hydrogens (tertiary/aromatic N) is 6. The van der Waals surface area contributed by atoms with E-state index in [0.29, 0.717) is 18.4 Å². The molecule has 152 valence electrons. The Bertz CT molecular complexity index is 1010. The van der Waals surface area contributed by atoms with E-state index in [-0.39, 0.29) is 5.91 Å². The molecule has 3 aromatic rings. The van der Waals surface area contributed by atoms with Gasteiger partial charge < -0.3 is 5.32 Å². The van der Waals surface area contributed by atoms with Crippen molar-refractivity contribution in [2.24, 2.45) is 7.05 Å². The lowest BCUT2D eigenvalue weighted by molar-refractivity contribution is -0.117. The van der Waals surface area contributed by atoms with Crippen LogP contribution in [0.15, 0.2) is 36.7 Å². The number of fused-ring (bicyclic) bond motifs is 1. The molecule has 1 aromatic carbocycles. The van der Waals surface area contributed by atoms with Crippen molar-refractivity contribution >= 4 is 22.6 Å². The molecule has 1 N–H and O–H groups in total. The number of hydrogen-bond acceptors (Lipinski definition) is 6. The van der Waals surface area contributed by atoms with Gasteiger partial charge in [-0.3, -0.25) is 19.3 Å². The molecule has 0 atom stereocenters. The van der Waals surface area contributed by atoms with Gasteiger partial charge in [-0.15, -0.1) is 10.2 Å². The van der Waals surface area contributed by atoms with Crippen LogP contribution in [0.4, 0.5) is 5.82 Å². The first kappa shape index (κ1) is 19.5. The summed E-state index contributed by atoms with van der Waals surface area (Å²) in [6, 6.07) is 8.40. The highest BCUT2D eigenvalue weighted by Gasteiger charge is 2.20. The second-order valence-electron chi connectivity index (χ2n) is 7.86. The van der Waals surface area contributed by atoms with Crippen molar-refractivity contribution in [2.75, 3.05) is 38.0 Å². The second-order valence-corrected chi connectivity index (χ2v) is 7.86. The Morgan fingerprint density at radius 1 is 1.10 bits per heavy atom. The molecule has 8 nitrogen and oxygen atoms in total. The molecule has 0 saturated carbocycles. The summed E-state index contributed by atoms with van der Waals surface area (Å²) in [6.45, 7) is 8.60. The summed E-state index contributed by atoms with van der Waals surface area (Å²) in [7, 11) is 1.90. The highest BCUT2D eigenvalue weighted by atomic mass is 16.2.